The molecule has 0 spiro atoms. The van der Waals surface area contributed by atoms with Crippen LogP contribution in [-0.4, -0.2) is 54.7 Å². The van der Waals surface area contributed by atoms with E-state index in [0.29, 0.717) is 13.0 Å². The lowest BCUT2D eigenvalue weighted by Crippen LogP contribution is -2.41. The average molecular weight is 274 g/mol. The van der Waals surface area contributed by atoms with Crippen molar-refractivity contribution in [1.82, 2.24) is 4.90 Å². The fraction of sp³-hybridized carbons (Fsp3) is 0.846. The summed E-state index contributed by atoms with van der Waals surface area (Å²) in [5.74, 6) is -1.27. The molecule has 19 heavy (non-hydrogen) atoms. The normalized spacial score (nSPS) is 13.1. The number of carboxylic acids is 1. The lowest BCUT2D eigenvalue weighted by Gasteiger charge is -2.26. The van der Waals surface area contributed by atoms with Gasteiger partial charge in [-0.3, -0.25) is 9.59 Å². The van der Waals surface area contributed by atoms with Crippen molar-refractivity contribution in [3.8, 4) is 0 Å². The van der Waals surface area contributed by atoms with Crippen molar-refractivity contribution in [2.24, 2.45) is 11.1 Å². The highest BCUT2D eigenvalue weighted by molar-refractivity contribution is 5.81. The van der Waals surface area contributed by atoms with E-state index in [4.69, 9.17) is 15.6 Å². The van der Waals surface area contributed by atoms with Crippen LogP contribution in [0, 0.1) is 5.41 Å². The van der Waals surface area contributed by atoms with E-state index in [0.717, 1.165) is 0 Å². The summed E-state index contributed by atoms with van der Waals surface area (Å²) in [6, 6.07) is -0.258. The summed E-state index contributed by atoms with van der Waals surface area (Å²) in [6.07, 6.45) is 0.873. The second-order valence-corrected chi connectivity index (χ2v) is 5.93. The maximum Gasteiger partial charge on any atom is 0.323 e. The lowest BCUT2D eigenvalue weighted by atomic mass is 9.87. The summed E-state index contributed by atoms with van der Waals surface area (Å²) in [4.78, 5) is 24.0. The van der Waals surface area contributed by atoms with Gasteiger partial charge in [-0.1, -0.05) is 20.8 Å². The predicted molar refractivity (Wildman–Crippen MR) is 72.8 cm³/mol. The number of rotatable bonds is 8. The van der Waals surface area contributed by atoms with E-state index in [9.17, 15) is 9.59 Å². The number of hydrogen-bond donors (Lipinski definition) is 2. The highest BCUT2D eigenvalue weighted by Crippen LogP contribution is 2.21. The van der Waals surface area contributed by atoms with Gasteiger partial charge in [0.1, 0.15) is 6.54 Å². The van der Waals surface area contributed by atoms with Crippen molar-refractivity contribution in [3.05, 3.63) is 0 Å². The number of nitrogens with two attached hydrogens (primary N) is 1. The van der Waals surface area contributed by atoms with Crippen LogP contribution in [0.25, 0.3) is 0 Å². The maximum absolute atomic E-state index is 12.0. The second-order valence-electron chi connectivity index (χ2n) is 5.93. The molecule has 0 aliphatic rings. The second kappa shape index (κ2) is 8.12. The largest absolute Gasteiger partial charge is 0.480 e. The minimum absolute atomic E-state index is 0.0455. The first kappa shape index (κ1) is 17.9. The van der Waals surface area contributed by atoms with Crippen molar-refractivity contribution in [2.75, 3.05) is 26.8 Å². The van der Waals surface area contributed by atoms with Gasteiger partial charge in [-0.25, -0.2) is 0 Å². The number of ether oxygens (including phenoxy) is 1. The van der Waals surface area contributed by atoms with Crippen LogP contribution >= 0.6 is 0 Å². The molecule has 0 aromatic heterocycles. The molecule has 0 saturated heterocycles. The first-order valence-corrected chi connectivity index (χ1v) is 6.40. The monoisotopic (exact) mass is 274 g/mol. The van der Waals surface area contributed by atoms with E-state index in [-0.39, 0.29) is 36.9 Å². The minimum Gasteiger partial charge on any atom is -0.480 e. The number of aliphatic carboxylic acids is 1. The fourth-order valence-corrected chi connectivity index (χ4v) is 1.87. The molecule has 0 saturated carbocycles. The SMILES string of the molecule is COCCN(CC(=O)O)C(=O)CC(N)CC(C)(C)C. The van der Waals surface area contributed by atoms with Crippen molar-refractivity contribution in [2.45, 2.75) is 39.7 Å². The number of carbonyl (C=O) groups excluding carboxylic acids is 1. The Morgan fingerprint density at radius 1 is 1.37 bits per heavy atom. The molecule has 0 heterocycles. The molecule has 1 atom stereocenters. The predicted octanol–water partition coefficient (Wildman–Crippen LogP) is 0.700. The van der Waals surface area contributed by atoms with Gasteiger partial charge < -0.3 is 20.5 Å². The van der Waals surface area contributed by atoms with E-state index >= 15 is 0 Å². The topological polar surface area (TPSA) is 92.9 Å². The number of carbonyl (C=O) groups is 2. The van der Waals surface area contributed by atoms with E-state index in [2.05, 4.69) is 20.8 Å². The molecule has 1 amide bonds. The molecule has 0 aliphatic heterocycles. The Kier molecular flexibility index (Phi) is 7.63. The standard InChI is InChI=1S/C13H26N2O4/c1-13(2,3)8-10(14)7-11(16)15(5-6-19-4)9-12(17)18/h10H,5-9,14H2,1-4H3,(H,17,18). The Bertz CT molecular complexity index is 300. The van der Waals surface area contributed by atoms with Gasteiger partial charge in [-0.05, 0) is 11.8 Å². The highest BCUT2D eigenvalue weighted by Gasteiger charge is 2.22. The van der Waals surface area contributed by atoms with Crippen LogP contribution in [0.5, 0.6) is 0 Å². The van der Waals surface area contributed by atoms with Crippen LogP contribution in [0.3, 0.4) is 0 Å². The third-order valence-electron chi connectivity index (χ3n) is 2.56. The molecule has 0 rings (SSSR count). The van der Waals surface area contributed by atoms with Crippen LogP contribution < -0.4 is 5.73 Å². The quantitative estimate of drug-likeness (QED) is 0.679. The number of hydrogen-bond acceptors (Lipinski definition) is 4. The molecule has 0 fully saturated rings. The van der Waals surface area contributed by atoms with Crippen LogP contribution in [0.15, 0.2) is 0 Å². The molecule has 0 aliphatic carbocycles. The number of carboxylic acid groups (broad SMARTS) is 1. The summed E-state index contributed by atoms with van der Waals surface area (Å²) < 4.78 is 4.87. The first-order valence-electron chi connectivity index (χ1n) is 6.40. The minimum atomic E-state index is -1.03. The molecule has 0 bridgehead atoms. The molecule has 0 aromatic carbocycles. The average Bonchev–Trinajstić information content (AvgIpc) is 2.20. The van der Waals surface area contributed by atoms with Crippen molar-refractivity contribution >= 4 is 11.9 Å². The van der Waals surface area contributed by atoms with Gasteiger partial charge in [-0.2, -0.15) is 0 Å². The number of methoxy groups -OCH3 is 1. The summed E-state index contributed by atoms with van der Waals surface area (Å²) in [7, 11) is 1.51. The zero-order valence-electron chi connectivity index (χ0n) is 12.3. The molecule has 6 nitrogen and oxygen atoms in total. The molecule has 112 valence electrons. The smallest absolute Gasteiger partial charge is 0.323 e. The molecule has 0 aromatic rings. The van der Waals surface area contributed by atoms with Crippen molar-refractivity contribution < 1.29 is 19.4 Å². The van der Waals surface area contributed by atoms with Gasteiger partial charge in [0.15, 0.2) is 0 Å². The van der Waals surface area contributed by atoms with E-state index in [1.807, 2.05) is 0 Å². The zero-order valence-corrected chi connectivity index (χ0v) is 12.3. The Labute approximate surface area is 114 Å². The van der Waals surface area contributed by atoms with Crippen LogP contribution in [0.4, 0.5) is 0 Å². The van der Waals surface area contributed by atoms with Crippen molar-refractivity contribution in [3.63, 3.8) is 0 Å². The number of amides is 1. The highest BCUT2D eigenvalue weighted by atomic mass is 16.5. The van der Waals surface area contributed by atoms with Gasteiger partial charge >= 0.3 is 5.97 Å². The summed E-state index contributed by atoms with van der Waals surface area (Å²) >= 11 is 0. The van der Waals surface area contributed by atoms with E-state index < -0.39 is 5.97 Å². The maximum atomic E-state index is 12.0. The molecular formula is C13H26N2O4. The Morgan fingerprint density at radius 3 is 2.37 bits per heavy atom. The summed E-state index contributed by atoms with van der Waals surface area (Å²) in [5.41, 5.74) is 5.98. The van der Waals surface area contributed by atoms with Crippen LogP contribution in [0.2, 0.25) is 0 Å². The Balaban J connectivity index is 4.41. The van der Waals surface area contributed by atoms with Crippen LogP contribution in [-0.2, 0) is 14.3 Å². The Morgan fingerprint density at radius 2 is 1.95 bits per heavy atom. The summed E-state index contributed by atoms with van der Waals surface area (Å²) in [6.45, 7) is 6.42. The van der Waals surface area contributed by atoms with E-state index in [1.165, 1.54) is 12.0 Å². The van der Waals surface area contributed by atoms with Crippen molar-refractivity contribution in [1.29, 1.82) is 0 Å². The van der Waals surface area contributed by atoms with Gasteiger partial charge in [0, 0.05) is 26.1 Å². The third kappa shape index (κ3) is 9.44. The lowest BCUT2D eigenvalue weighted by molar-refractivity contribution is -0.145. The molecule has 6 heteroatoms. The molecule has 0 radical (unpaired) electrons. The van der Waals surface area contributed by atoms with E-state index in [1.54, 1.807) is 0 Å². The molecule has 3 N–H and O–H groups in total. The zero-order chi connectivity index (χ0) is 15.1. The third-order valence-corrected chi connectivity index (χ3v) is 2.56. The van der Waals surface area contributed by atoms with Gasteiger partial charge in [0.05, 0.1) is 6.61 Å². The summed E-state index contributed by atoms with van der Waals surface area (Å²) in [5, 5.41) is 8.79. The van der Waals surface area contributed by atoms with Crippen LogP contribution in [0.1, 0.15) is 33.6 Å². The van der Waals surface area contributed by atoms with Gasteiger partial charge in [0.25, 0.3) is 0 Å². The number of nitrogens with zero attached hydrogens (tertiary/aromatic N) is 1. The Hall–Kier alpha value is -1.14. The van der Waals surface area contributed by atoms with Gasteiger partial charge in [0.2, 0.25) is 5.91 Å². The first-order chi connectivity index (χ1) is 8.65. The fourth-order valence-electron chi connectivity index (χ4n) is 1.87. The molecule has 1 unspecified atom stereocenters. The molecular weight excluding hydrogens is 248 g/mol. The van der Waals surface area contributed by atoms with Gasteiger partial charge in [-0.15, -0.1) is 0 Å².